The van der Waals surface area contributed by atoms with E-state index >= 15 is 0 Å². The lowest BCUT2D eigenvalue weighted by atomic mass is 10.1. The number of carbonyl (C=O) groups is 2. The summed E-state index contributed by atoms with van der Waals surface area (Å²) in [4.78, 5) is 21.6. The maximum atomic E-state index is 11.1. The molecule has 2 N–H and O–H groups in total. The van der Waals surface area contributed by atoms with E-state index in [9.17, 15) is 9.59 Å². The molecule has 0 atom stereocenters. The summed E-state index contributed by atoms with van der Waals surface area (Å²) in [5, 5.41) is 11.3. The van der Waals surface area contributed by atoms with Crippen molar-refractivity contribution in [2.45, 2.75) is 19.3 Å². The van der Waals surface area contributed by atoms with E-state index in [4.69, 9.17) is 9.84 Å². The van der Waals surface area contributed by atoms with E-state index in [2.05, 4.69) is 5.32 Å². The third-order valence-electron chi connectivity index (χ3n) is 2.56. The zero-order chi connectivity index (χ0) is 12.3. The Morgan fingerprint density at radius 1 is 1.47 bits per heavy atom. The van der Waals surface area contributed by atoms with Crippen molar-refractivity contribution in [3.8, 4) is 5.75 Å². The van der Waals surface area contributed by atoms with Gasteiger partial charge in [0.2, 0.25) is 0 Å². The fourth-order valence-corrected chi connectivity index (χ4v) is 1.80. The molecule has 0 saturated heterocycles. The first-order valence-electron chi connectivity index (χ1n) is 5.43. The van der Waals surface area contributed by atoms with Gasteiger partial charge in [-0.3, -0.25) is 9.59 Å². The molecular weight excluding hydrogens is 222 g/mol. The number of carboxylic acid groups (broad SMARTS) is 1. The standard InChI is InChI=1S/C12H13NO4/c14-10-7-17-12-8(4-2-6-11(15)16)3-1-5-9(12)13-10/h1,3,5H,2,4,6-7H2,(H,13,14)(H,15,16). The Bertz CT molecular complexity index is 456. The van der Waals surface area contributed by atoms with Crippen LogP contribution in [-0.2, 0) is 16.0 Å². The molecular formula is C12H13NO4. The van der Waals surface area contributed by atoms with Gasteiger partial charge in [-0.25, -0.2) is 0 Å². The molecule has 0 unspecified atom stereocenters. The molecule has 5 nitrogen and oxygen atoms in total. The van der Waals surface area contributed by atoms with Gasteiger partial charge in [0.1, 0.15) is 5.75 Å². The highest BCUT2D eigenvalue weighted by molar-refractivity contribution is 5.95. The highest BCUT2D eigenvalue weighted by atomic mass is 16.5. The van der Waals surface area contributed by atoms with E-state index in [1.807, 2.05) is 12.1 Å². The molecule has 90 valence electrons. The van der Waals surface area contributed by atoms with Crippen LogP contribution in [0.4, 0.5) is 5.69 Å². The van der Waals surface area contributed by atoms with Crippen LogP contribution in [0.5, 0.6) is 5.75 Å². The number of nitrogens with one attached hydrogen (secondary N) is 1. The zero-order valence-electron chi connectivity index (χ0n) is 9.23. The third kappa shape index (κ3) is 2.75. The fraction of sp³-hybridized carbons (Fsp3) is 0.333. The number of fused-ring (bicyclic) bond motifs is 1. The number of hydrogen-bond donors (Lipinski definition) is 2. The van der Waals surface area contributed by atoms with Crippen LogP contribution in [0.1, 0.15) is 18.4 Å². The van der Waals surface area contributed by atoms with Gasteiger partial charge in [0, 0.05) is 6.42 Å². The van der Waals surface area contributed by atoms with Crippen LogP contribution in [0.2, 0.25) is 0 Å². The molecule has 1 aromatic carbocycles. The van der Waals surface area contributed by atoms with Crippen LogP contribution < -0.4 is 10.1 Å². The molecule has 1 aromatic rings. The molecule has 0 aliphatic carbocycles. The lowest BCUT2D eigenvalue weighted by Crippen LogP contribution is -2.26. The van der Waals surface area contributed by atoms with Gasteiger partial charge in [-0.1, -0.05) is 12.1 Å². The highest BCUT2D eigenvalue weighted by Gasteiger charge is 2.18. The predicted molar refractivity (Wildman–Crippen MR) is 61.1 cm³/mol. The van der Waals surface area contributed by atoms with Gasteiger partial charge in [0.25, 0.3) is 5.91 Å². The lowest BCUT2D eigenvalue weighted by molar-refractivity contribution is -0.137. The summed E-state index contributed by atoms with van der Waals surface area (Å²) in [5.41, 5.74) is 1.60. The molecule has 17 heavy (non-hydrogen) atoms. The summed E-state index contributed by atoms with van der Waals surface area (Å²) in [7, 11) is 0. The van der Waals surface area contributed by atoms with Gasteiger partial charge in [-0.2, -0.15) is 0 Å². The maximum Gasteiger partial charge on any atom is 0.303 e. The Balaban J connectivity index is 2.10. The average Bonchev–Trinajstić information content (AvgIpc) is 2.28. The van der Waals surface area contributed by atoms with Crippen molar-refractivity contribution < 1.29 is 19.4 Å². The Hall–Kier alpha value is -2.04. The number of aliphatic carboxylic acids is 1. The van der Waals surface area contributed by atoms with Crippen LogP contribution in [0, 0.1) is 0 Å². The third-order valence-corrected chi connectivity index (χ3v) is 2.56. The minimum Gasteiger partial charge on any atom is -0.481 e. The summed E-state index contributed by atoms with van der Waals surface area (Å²) in [6.07, 6.45) is 1.32. The molecule has 0 bridgehead atoms. The number of ether oxygens (including phenoxy) is 1. The second-order valence-electron chi connectivity index (χ2n) is 3.88. The zero-order valence-corrected chi connectivity index (χ0v) is 9.23. The minimum absolute atomic E-state index is 0.0168. The van der Waals surface area contributed by atoms with Gasteiger partial charge in [-0.05, 0) is 24.5 Å². The average molecular weight is 235 g/mol. The highest BCUT2D eigenvalue weighted by Crippen LogP contribution is 2.32. The van der Waals surface area contributed by atoms with Crippen LogP contribution in [0.15, 0.2) is 18.2 Å². The molecule has 1 amide bonds. The predicted octanol–water partition coefficient (Wildman–Crippen LogP) is 1.42. The molecule has 0 aromatic heterocycles. The van der Waals surface area contributed by atoms with Gasteiger partial charge in [0.05, 0.1) is 5.69 Å². The number of hydrogen-bond acceptors (Lipinski definition) is 3. The largest absolute Gasteiger partial charge is 0.481 e. The van der Waals surface area contributed by atoms with Crippen molar-refractivity contribution in [2.24, 2.45) is 0 Å². The Morgan fingerprint density at radius 3 is 3.06 bits per heavy atom. The molecule has 1 aliphatic heterocycles. The van der Waals surface area contributed by atoms with E-state index in [-0.39, 0.29) is 18.9 Å². The summed E-state index contributed by atoms with van der Waals surface area (Å²) in [6, 6.07) is 5.48. The Labute approximate surface area is 98.4 Å². The minimum atomic E-state index is -0.802. The second-order valence-corrected chi connectivity index (χ2v) is 3.88. The van der Waals surface area contributed by atoms with E-state index in [0.717, 1.165) is 5.56 Å². The Kier molecular flexibility index (Phi) is 3.27. The number of benzene rings is 1. The number of anilines is 1. The smallest absolute Gasteiger partial charge is 0.303 e. The maximum absolute atomic E-state index is 11.1. The van der Waals surface area contributed by atoms with Crippen molar-refractivity contribution in [1.29, 1.82) is 0 Å². The van der Waals surface area contributed by atoms with Gasteiger partial charge < -0.3 is 15.2 Å². The number of para-hydroxylation sites is 1. The number of carboxylic acids is 1. The van der Waals surface area contributed by atoms with Crippen molar-refractivity contribution in [3.05, 3.63) is 23.8 Å². The summed E-state index contributed by atoms with van der Waals surface area (Å²) >= 11 is 0. The van der Waals surface area contributed by atoms with E-state index in [0.29, 0.717) is 24.3 Å². The molecule has 0 saturated carbocycles. The van der Waals surface area contributed by atoms with Gasteiger partial charge in [0.15, 0.2) is 6.61 Å². The fourth-order valence-electron chi connectivity index (χ4n) is 1.80. The SMILES string of the molecule is O=C(O)CCCc1cccc2c1OCC(=O)N2. The lowest BCUT2D eigenvalue weighted by Gasteiger charge is -2.20. The van der Waals surface area contributed by atoms with Crippen LogP contribution in [0.3, 0.4) is 0 Å². The first kappa shape index (κ1) is 11.4. The summed E-state index contributed by atoms with van der Waals surface area (Å²) in [6.45, 7) is 0.0168. The molecule has 1 heterocycles. The van der Waals surface area contributed by atoms with Crippen LogP contribution in [0.25, 0.3) is 0 Å². The number of aryl methyl sites for hydroxylation is 1. The summed E-state index contributed by atoms with van der Waals surface area (Å²) < 4.78 is 5.36. The molecule has 0 spiro atoms. The normalized spacial score (nSPS) is 13.5. The van der Waals surface area contributed by atoms with Gasteiger partial charge >= 0.3 is 5.97 Å². The summed E-state index contributed by atoms with van der Waals surface area (Å²) in [5.74, 6) is -0.304. The molecule has 0 fully saturated rings. The van der Waals surface area contributed by atoms with E-state index < -0.39 is 5.97 Å². The number of carbonyl (C=O) groups excluding carboxylic acids is 1. The monoisotopic (exact) mass is 235 g/mol. The second kappa shape index (κ2) is 4.86. The first-order valence-corrected chi connectivity index (χ1v) is 5.43. The number of amides is 1. The van der Waals surface area contributed by atoms with Crippen molar-refractivity contribution in [2.75, 3.05) is 11.9 Å². The van der Waals surface area contributed by atoms with Crippen LogP contribution in [-0.4, -0.2) is 23.6 Å². The number of rotatable bonds is 4. The van der Waals surface area contributed by atoms with Crippen molar-refractivity contribution in [1.82, 2.24) is 0 Å². The van der Waals surface area contributed by atoms with E-state index in [1.165, 1.54) is 0 Å². The van der Waals surface area contributed by atoms with Crippen molar-refractivity contribution in [3.63, 3.8) is 0 Å². The quantitative estimate of drug-likeness (QED) is 0.827. The molecule has 1 aliphatic rings. The van der Waals surface area contributed by atoms with Crippen molar-refractivity contribution >= 4 is 17.6 Å². The molecule has 5 heteroatoms. The Morgan fingerprint density at radius 2 is 2.29 bits per heavy atom. The van der Waals surface area contributed by atoms with E-state index in [1.54, 1.807) is 6.07 Å². The molecule has 0 radical (unpaired) electrons. The van der Waals surface area contributed by atoms with Crippen LogP contribution >= 0.6 is 0 Å². The van der Waals surface area contributed by atoms with Gasteiger partial charge in [-0.15, -0.1) is 0 Å². The molecule has 2 rings (SSSR count). The topological polar surface area (TPSA) is 75.6 Å². The first-order chi connectivity index (χ1) is 8.16.